The highest BCUT2D eigenvalue weighted by Gasteiger charge is 2.11. The first-order valence-electron chi connectivity index (χ1n) is 9.34. The van der Waals surface area contributed by atoms with E-state index in [1.165, 1.54) is 6.20 Å². The Bertz CT molecular complexity index is 1110. The van der Waals surface area contributed by atoms with E-state index < -0.39 is 0 Å². The Hall–Kier alpha value is -3.94. The van der Waals surface area contributed by atoms with Crippen LogP contribution in [0.5, 0.6) is 0 Å². The Morgan fingerprint density at radius 2 is 2.10 bits per heavy atom. The van der Waals surface area contributed by atoms with Gasteiger partial charge in [-0.1, -0.05) is 6.58 Å². The van der Waals surface area contributed by atoms with Crippen molar-refractivity contribution in [3.8, 4) is 11.3 Å². The molecule has 30 heavy (non-hydrogen) atoms. The number of carbonyl (C=O) groups excluding carboxylic acids is 1. The van der Waals surface area contributed by atoms with Gasteiger partial charge in [-0.3, -0.25) is 19.8 Å². The van der Waals surface area contributed by atoms with Crippen molar-refractivity contribution in [2.45, 2.75) is 20.4 Å². The van der Waals surface area contributed by atoms with E-state index in [0.29, 0.717) is 11.5 Å². The summed E-state index contributed by atoms with van der Waals surface area (Å²) in [4.78, 5) is 33.7. The fourth-order valence-electron chi connectivity index (χ4n) is 2.87. The van der Waals surface area contributed by atoms with E-state index in [1.54, 1.807) is 36.3 Å². The normalized spacial score (nSPS) is 11.6. The zero-order valence-electron chi connectivity index (χ0n) is 17.2. The van der Waals surface area contributed by atoms with Gasteiger partial charge in [0.15, 0.2) is 0 Å². The molecule has 8 nitrogen and oxygen atoms in total. The van der Waals surface area contributed by atoms with Gasteiger partial charge in [-0.15, -0.1) is 0 Å². The first kappa shape index (κ1) is 20.8. The second-order valence-electron chi connectivity index (χ2n) is 6.55. The maximum atomic E-state index is 12.5. The molecule has 8 heteroatoms. The van der Waals surface area contributed by atoms with Gasteiger partial charge < -0.3 is 9.88 Å². The van der Waals surface area contributed by atoms with Crippen LogP contribution in [0, 0.1) is 13.8 Å². The maximum Gasteiger partial charge on any atom is 0.245 e. The number of aromatic nitrogens is 4. The van der Waals surface area contributed by atoms with Gasteiger partial charge in [-0.25, -0.2) is 9.97 Å². The van der Waals surface area contributed by atoms with Crippen molar-refractivity contribution in [3.05, 3.63) is 72.7 Å². The van der Waals surface area contributed by atoms with E-state index in [2.05, 4.69) is 36.8 Å². The molecule has 0 radical (unpaired) electrons. The number of hydrogen-bond acceptors (Lipinski definition) is 6. The summed E-state index contributed by atoms with van der Waals surface area (Å²) in [7, 11) is 1.67. The first-order valence-corrected chi connectivity index (χ1v) is 9.34. The number of carbonyl (C=O) groups is 1. The molecule has 3 aromatic heterocycles. The highest BCUT2D eigenvalue weighted by Crippen LogP contribution is 2.19. The molecule has 0 unspecified atom stereocenters. The second-order valence-corrected chi connectivity index (χ2v) is 6.55. The molecule has 0 fully saturated rings. The average molecular weight is 401 g/mol. The van der Waals surface area contributed by atoms with Gasteiger partial charge in [0.2, 0.25) is 5.91 Å². The minimum Gasteiger partial charge on any atom is -0.325 e. The van der Waals surface area contributed by atoms with Crippen LogP contribution >= 0.6 is 0 Å². The predicted octanol–water partition coefficient (Wildman–Crippen LogP) is 3.23. The molecule has 0 aliphatic heterocycles. The van der Waals surface area contributed by atoms with Crippen molar-refractivity contribution >= 4 is 23.7 Å². The van der Waals surface area contributed by atoms with E-state index >= 15 is 0 Å². The molecular formula is C22H23N7O. The molecule has 1 N–H and O–H groups in total. The lowest BCUT2D eigenvalue weighted by atomic mass is 10.2. The van der Waals surface area contributed by atoms with Gasteiger partial charge in [-0.2, -0.15) is 0 Å². The summed E-state index contributed by atoms with van der Waals surface area (Å²) in [5.74, 6) is 1.02. The van der Waals surface area contributed by atoms with Crippen molar-refractivity contribution in [1.82, 2.24) is 19.5 Å². The summed E-state index contributed by atoms with van der Waals surface area (Å²) in [6.45, 7) is 7.54. The number of nitrogens with one attached hydrogen (secondary N) is 1. The Labute approximate surface area is 175 Å². The zero-order chi connectivity index (χ0) is 21.5. The number of nitrogens with zero attached hydrogens (tertiary/aromatic N) is 6. The summed E-state index contributed by atoms with van der Waals surface area (Å²) in [6.07, 6.45) is 8.31. The van der Waals surface area contributed by atoms with Gasteiger partial charge in [0.05, 0.1) is 11.4 Å². The van der Waals surface area contributed by atoms with Crippen LogP contribution in [0.4, 0.5) is 5.82 Å². The third-order valence-electron chi connectivity index (χ3n) is 4.29. The number of amides is 1. The molecule has 0 bridgehead atoms. The third-order valence-corrected chi connectivity index (χ3v) is 4.29. The van der Waals surface area contributed by atoms with Crippen LogP contribution in [-0.4, -0.2) is 44.4 Å². The summed E-state index contributed by atoms with van der Waals surface area (Å²) in [5.41, 5.74) is 4.11. The number of pyridine rings is 2. The van der Waals surface area contributed by atoms with Crippen molar-refractivity contribution in [1.29, 1.82) is 0 Å². The largest absolute Gasteiger partial charge is 0.325 e. The van der Waals surface area contributed by atoms with E-state index in [9.17, 15) is 4.79 Å². The number of rotatable bonds is 7. The van der Waals surface area contributed by atoms with Crippen molar-refractivity contribution in [3.63, 3.8) is 0 Å². The van der Waals surface area contributed by atoms with Crippen LogP contribution in [0.2, 0.25) is 0 Å². The van der Waals surface area contributed by atoms with E-state index in [4.69, 9.17) is 0 Å². The second kappa shape index (κ2) is 9.51. The van der Waals surface area contributed by atoms with Crippen LogP contribution < -0.4 is 5.32 Å². The Morgan fingerprint density at radius 3 is 2.77 bits per heavy atom. The standard InChI is InChI=1S/C22H23N7O/c1-5-24-19(12-23-4)18-6-7-21(26-11-18)28-22(30)14-29-13-20(27-16(29)3)17-8-9-25-15(2)10-17/h5-13H,1,14H2,2-4H3,(H,26,28,30)/b23-12-,24-19+. The van der Waals surface area contributed by atoms with Gasteiger partial charge in [0, 0.05) is 54.9 Å². The molecule has 0 spiro atoms. The molecule has 0 saturated heterocycles. The Balaban J connectivity index is 1.69. The van der Waals surface area contributed by atoms with Crippen LogP contribution in [0.3, 0.4) is 0 Å². The number of imidazole rings is 1. The van der Waals surface area contributed by atoms with Crippen LogP contribution in [-0.2, 0) is 11.3 Å². The molecule has 3 aromatic rings. The first-order chi connectivity index (χ1) is 14.5. The van der Waals surface area contributed by atoms with Gasteiger partial charge >= 0.3 is 0 Å². The molecule has 0 saturated carbocycles. The number of hydrogen-bond donors (Lipinski definition) is 1. The average Bonchev–Trinajstić information content (AvgIpc) is 3.09. The summed E-state index contributed by atoms with van der Waals surface area (Å²) >= 11 is 0. The highest BCUT2D eigenvalue weighted by atomic mass is 16.2. The highest BCUT2D eigenvalue weighted by molar-refractivity contribution is 6.38. The van der Waals surface area contributed by atoms with E-state index in [1.807, 2.05) is 38.2 Å². The topological polar surface area (TPSA) is 97.4 Å². The molecule has 0 atom stereocenters. The fourth-order valence-corrected chi connectivity index (χ4v) is 2.87. The molecule has 3 heterocycles. The number of anilines is 1. The molecule has 3 rings (SSSR count). The smallest absolute Gasteiger partial charge is 0.245 e. The molecule has 1 amide bonds. The van der Waals surface area contributed by atoms with Crippen molar-refractivity contribution in [2.24, 2.45) is 9.98 Å². The molecule has 0 aliphatic rings. The maximum absolute atomic E-state index is 12.5. The molecule has 0 aliphatic carbocycles. The third kappa shape index (κ3) is 5.11. The van der Waals surface area contributed by atoms with Gasteiger partial charge in [0.25, 0.3) is 0 Å². The van der Waals surface area contributed by atoms with Crippen LogP contribution in [0.25, 0.3) is 11.3 Å². The number of aryl methyl sites for hydroxylation is 2. The molecule has 0 aromatic carbocycles. The summed E-state index contributed by atoms with van der Waals surface area (Å²) < 4.78 is 1.81. The number of aliphatic imine (C=N–C) groups is 2. The Kier molecular flexibility index (Phi) is 6.59. The minimum absolute atomic E-state index is 0.137. The SMILES string of the molecule is C=C/N=C(\C=N/C)c1ccc(NC(=O)Cn2cc(-c3ccnc(C)c3)nc2C)nc1. The lowest BCUT2D eigenvalue weighted by Crippen LogP contribution is -2.19. The van der Waals surface area contributed by atoms with Crippen LogP contribution in [0.15, 0.2) is 65.6 Å². The van der Waals surface area contributed by atoms with Crippen molar-refractivity contribution in [2.75, 3.05) is 12.4 Å². The summed E-state index contributed by atoms with van der Waals surface area (Å²) in [6, 6.07) is 7.41. The molecular weight excluding hydrogens is 378 g/mol. The Morgan fingerprint density at radius 1 is 1.27 bits per heavy atom. The minimum atomic E-state index is -0.191. The van der Waals surface area contributed by atoms with Gasteiger partial charge in [-0.05, 0) is 38.1 Å². The zero-order valence-corrected chi connectivity index (χ0v) is 17.2. The monoisotopic (exact) mass is 401 g/mol. The quantitative estimate of drug-likeness (QED) is 0.615. The van der Waals surface area contributed by atoms with E-state index in [0.717, 1.165) is 28.3 Å². The predicted molar refractivity (Wildman–Crippen MR) is 119 cm³/mol. The van der Waals surface area contributed by atoms with E-state index in [-0.39, 0.29) is 12.5 Å². The lowest BCUT2D eigenvalue weighted by molar-refractivity contribution is -0.116. The van der Waals surface area contributed by atoms with Gasteiger partial charge in [0.1, 0.15) is 18.2 Å². The van der Waals surface area contributed by atoms with Crippen LogP contribution in [0.1, 0.15) is 17.1 Å². The fraction of sp³-hybridized carbons (Fsp3) is 0.182. The van der Waals surface area contributed by atoms with Crippen molar-refractivity contribution < 1.29 is 4.79 Å². The summed E-state index contributed by atoms with van der Waals surface area (Å²) in [5, 5.41) is 2.80. The lowest BCUT2D eigenvalue weighted by Gasteiger charge is -2.07. The molecule has 152 valence electrons.